The molecule has 1 aromatic heterocycles. The minimum atomic E-state index is -1.27. The van der Waals surface area contributed by atoms with E-state index in [2.05, 4.69) is 15.6 Å². The Labute approximate surface area is 270 Å². The van der Waals surface area contributed by atoms with E-state index in [0.29, 0.717) is 25.9 Å². The van der Waals surface area contributed by atoms with Crippen LogP contribution in [0, 0.1) is 5.82 Å². The number of hydrogen-bond acceptors (Lipinski definition) is 9. The zero-order valence-electron chi connectivity index (χ0n) is 26.3. The number of benzene rings is 1. The van der Waals surface area contributed by atoms with Crippen molar-refractivity contribution in [2.75, 3.05) is 52.5 Å². The van der Waals surface area contributed by atoms with E-state index in [4.69, 9.17) is 9.47 Å². The van der Waals surface area contributed by atoms with E-state index in [1.807, 2.05) is 0 Å². The molecule has 2 aliphatic rings. The molecule has 3 heterocycles. The van der Waals surface area contributed by atoms with Gasteiger partial charge >= 0.3 is 12.1 Å². The third kappa shape index (κ3) is 8.62. The predicted octanol–water partition coefficient (Wildman–Crippen LogP) is 1.14. The van der Waals surface area contributed by atoms with Crippen LogP contribution in [0.2, 0.25) is 0 Å². The van der Waals surface area contributed by atoms with Gasteiger partial charge < -0.3 is 39.9 Å². The first-order valence-electron chi connectivity index (χ1n) is 15.6. The summed E-state index contributed by atoms with van der Waals surface area (Å²) in [5.41, 5.74) is -0.542. The first-order chi connectivity index (χ1) is 22.5. The standard InChI is InChI=1S/C31H39FN6O9/c1-3-33-29(43)23-9-6-12-38(23)25(39)18-47-24-17-22(34-27-19(24)7-5-8-20(27)32)28(42)35-21(10-11-26(40)41)30(44)36-13-15-37(16-14-36)31(45)46-4-2/h5,7-8,17,21,23H,3-4,6,9-16,18H2,1-2H3,(H,33,43)(H,35,42)(H,40,41)/t21-,23-/m0/s1. The fourth-order valence-electron chi connectivity index (χ4n) is 5.57. The molecule has 2 fully saturated rings. The van der Waals surface area contributed by atoms with Gasteiger partial charge in [0, 0.05) is 57.1 Å². The second kappa shape index (κ2) is 16.0. The lowest BCUT2D eigenvalue weighted by molar-refractivity contribution is -0.139. The van der Waals surface area contributed by atoms with E-state index < -0.39 is 60.7 Å². The van der Waals surface area contributed by atoms with Gasteiger partial charge in [-0.15, -0.1) is 0 Å². The van der Waals surface area contributed by atoms with Gasteiger partial charge in [0.15, 0.2) is 6.61 Å². The van der Waals surface area contributed by atoms with E-state index >= 15 is 0 Å². The number of likely N-dealkylation sites (N-methyl/N-ethyl adjacent to an activating group) is 1. The van der Waals surface area contributed by atoms with Gasteiger partial charge in [-0.3, -0.25) is 24.0 Å². The zero-order chi connectivity index (χ0) is 34.1. The van der Waals surface area contributed by atoms with E-state index in [9.17, 15) is 38.3 Å². The normalized spacial score (nSPS) is 16.8. The zero-order valence-corrected chi connectivity index (χ0v) is 26.3. The summed E-state index contributed by atoms with van der Waals surface area (Å²) in [7, 11) is 0. The molecule has 2 atom stereocenters. The van der Waals surface area contributed by atoms with E-state index in [1.54, 1.807) is 13.8 Å². The number of aromatic nitrogens is 1. The van der Waals surface area contributed by atoms with Crippen molar-refractivity contribution in [3.63, 3.8) is 0 Å². The highest BCUT2D eigenvalue weighted by molar-refractivity contribution is 5.99. The topological polar surface area (TPSA) is 188 Å². The molecule has 16 heteroatoms. The largest absolute Gasteiger partial charge is 0.483 e. The monoisotopic (exact) mass is 658 g/mol. The van der Waals surface area contributed by atoms with Crippen LogP contribution in [-0.2, 0) is 23.9 Å². The van der Waals surface area contributed by atoms with Gasteiger partial charge in [-0.25, -0.2) is 14.2 Å². The van der Waals surface area contributed by atoms with E-state index in [1.165, 1.54) is 32.9 Å². The minimum Gasteiger partial charge on any atom is -0.483 e. The molecule has 0 unspecified atom stereocenters. The van der Waals surface area contributed by atoms with Crippen molar-refractivity contribution in [3.8, 4) is 5.75 Å². The summed E-state index contributed by atoms with van der Waals surface area (Å²) < 4.78 is 25.7. The molecule has 4 rings (SSSR count). The second-order valence-corrected chi connectivity index (χ2v) is 11.0. The molecular formula is C31H39FN6O9. The number of piperazine rings is 1. The lowest BCUT2D eigenvalue weighted by Crippen LogP contribution is -2.56. The number of carboxylic acid groups (broad SMARTS) is 1. The molecule has 0 spiro atoms. The van der Waals surface area contributed by atoms with Gasteiger partial charge in [-0.2, -0.15) is 0 Å². The Morgan fingerprint density at radius 3 is 2.47 bits per heavy atom. The predicted molar refractivity (Wildman–Crippen MR) is 164 cm³/mol. The van der Waals surface area contributed by atoms with Gasteiger partial charge in [0.05, 0.1) is 6.61 Å². The maximum atomic E-state index is 14.9. The maximum absolute atomic E-state index is 14.9. The van der Waals surface area contributed by atoms with Crippen LogP contribution in [0.15, 0.2) is 24.3 Å². The van der Waals surface area contributed by atoms with Gasteiger partial charge in [0.25, 0.3) is 11.8 Å². The fraction of sp³-hybridized carbons (Fsp3) is 0.516. The van der Waals surface area contributed by atoms with Gasteiger partial charge in [0.2, 0.25) is 11.8 Å². The SMILES string of the molecule is CCNC(=O)[C@@H]1CCCN1C(=O)COc1cc(C(=O)N[C@@H](CCC(=O)O)C(=O)N2CCN(C(=O)OCC)CC2)nc2c(F)cccc12. The average Bonchev–Trinajstić information content (AvgIpc) is 3.56. The summed E-state index contributed by atoms with van der Waals surface area (Å²) >= 11 is 0. The minimum absolute atomic E-state index is 0.0229. The van der Waals surface area contributed by atoms with Crippen molar-refractivity contribution in [3.05, 3.63) is 35.8 Å². The van der Waals surface area contributed by atoms with Crippen molar-refractivity contribution in [2.24, 2.45) is 0 Å². The number of aliphatic carboxylic acids is 1. The molecule has 0 aliphatic carbocycles. The number of para-hydroxylation sites is 1. The Bertz CT molecular complexity index is 1510. The summed E-state index contributed by atoms with van der Waals surface area (Å²) in [5.74, 6) is -4.13. The van der Waals surface area contributed by atoms with Crippen molar-refractivity contribution in [1.82, 2.24) is 30.3 Å². The first kappa shape index (κ1) is 34.8. The van der Waals surface area contributed by atoms with Crippen LogP contribution in [0.1, 0.15) is 50.0 Å². The summed E-state index contributed by atoms with van der Waals surface area (Å²) in [6.45, 7) is 4.61. The number of fused-ring (bicyclic) bond motifs is 1. The molecule has 2 aliphatic heterocycles. The molecule has 0 bridgehead atoms. The molecule has 254 valence electrons. The average molecular weight is 659 g/mol. The highest BCUT2D eigenvalue weighted by Gasteiger charge is 2.34. The number of likely N-dealkylation sites (tertiary alicyclic amines) is 1. The molecule has 0 saturated carbocycles. The maximum Gasteiger partial charge on any atom is 0.409 e. The number of carbonyl (C=O) groups excluding carboxylic acids is 5. The fourth-order valence-corrected chi connectivity index (χ4v) is 5.57. The lowest BCUT2D eigenvalue weighted by Gasteiger charge is -2.35. The number of ether oxygens (including phenoxy) is 2. The molecule has 2 aromatic rings. The Morgan fingerprint density at radius 2 is 1.79 bits per heavy atom. The number of hydrogen-bond donors (Lipinski definition) is 3. The number of carbonyl (C=O) groups is 6. The lowest BCUT2D eigenvalue weighted by atomic mass is 10.1. The Kier molecular flexibility index (Phi) is 11.9. The third-order valence-corrected chi connectivity index (χ3v) is 7.93. The highest BCUT2D eigenvalue weighted by atomic mass is 19.1. The van der Waals surface area contributed by atoms with Crippen LogP contribution >= 0.6 is 0 Å². The van der Waals surface area contributed by atoms with Crippen LogP contribution in [0.4, 0.5) is 9.18 Å². The molecule has 0 radical (unpaired) electrons. The summed E-state index contributed by atoms with van der Waals surface area (Å²) in [5, 5.41) is 14.7. The highest BCUT2D eigenvalue weighted by Crippen LogP contribution is 2.28. The molecule has 3 N–H and O–H groups in total. The number of halogens is 1. The van der Waals surface area contributed by atoms with Gasteiger partial charge in [-0.1, -0.05) is 6.07 Å². The molecule has 5 amide bonds. The second-order valence-electron chi connectivity index (χ2n) is 11.0. The van der Waals surface area contributed by atoms with Gasteiger partial charge in [-0.05, 0) is 45.2 Å². The molecule has 15 nitrogen and oxygen atoms in total. The molecule has 47 heavy (non-hydrogen) atoms. The van der Waals surface area contributed by atoms with Crippen LogP contribution in [-0.4, -0.2) is 125 Å². The van der Waals surface area contributed by atoms with Crippen LogP contribution in [0.5, 0.6) is 5.75 Å². The van der Waals surface area contributed by atoms with Crippen molar-refractivity contribution < 1.29 is 47.7 Å². The third-order valence-electron chi connectivity index (χ3n) is 7.93. The number of carboxylic acids is 1. The molecule has 2 saturated heterocycles. The van der Waals surface area contributed by atoms with Crippen molar-refractivity contribution in [1.29, 1.82) is 0 Å². The number of nitrogens with zero attached hydrogens (tertiary/aromatic N) is 4. The van der Waals surface area contributed by atoms with Crippen LogP contribution in [0.3, 0.4) is 0 Å². The molecular weight excluding hydrogens is 619 g/mol. The summed E-state index contributed by atoms with van der Waals surface area (Å²) in [6.07, 6.45) is -0.0193. The van der Waals surface area contributed by atoms with Crippen LogP contribution in [0.25, 0.3) is 10.9 Å². The van der Waals surface area contributed by atoms with E-state index in [0.717, 1.165) is 6.07 Å². The quantitative estimate of drug-likeness (QED) is 0.299. The number of amides is 5. The van der Waals surface area contributed by atoms with E-state index in [-0.39, 0.29) is 67.5 Å². The van der Waals surface area contributed by atoms with Crippen LogP contribution < -0.4 is 15.4 Å². The first-order valence-corrected chi connectivity index (χ1v) is 15.6. The Hall–Kier alpha value is -5.02. The van der Waals surface area contributed by atoms with Crippen molar-refractivity contribution in [2.45, 2.75) is 51.6 Å². The van der Waals surface area contributed by atoms with Gasteiger partial charge in [0.1, 0.15) is 34.9 Å². The summed E-state index contributed by atoms with van der Waals surface area (Å²) in [6, 6.07) is 3.39. The number of rotatable bonds is 12. The van der Waals surface area contributed by atoms with Crippen molar-refractivity contribution >= 4 is 46.6 Å². The summed E-state index contributed by atoms with van der Waals surface area (Å²) in [4.78, 5) is 84.3. The molecule has 1 aromatic carbocycles. The Balaban J connectivity index is 1.52. The smallest absolute Gasteiger partial charge is 0.409 e. The number of pyridine rings is 1. The number of nitrogens with one attached hydrogen (secondary N) is 2. The Morgan fingerprint density at radius 1 is 1.06 bits per heavy atom.